The lowest BCUT2D eigenvalue weighted by Gasteiger charge is -2.23. The highest BCUT2D eigenvalue weighted by Crippen LogP contribution is 2.31. The fraction of sp³-hybridized carbons (Fsp3) is 0.286. The lowest BCUT2D eigenvalue weighted by Crippen LogP contribution is -2.40. The van der Waals surface area contributed by atoms with Gasteiger partial charge in [-0.25, -0.2) is 4.79 Å². The molecule has 0 radical (unpaired) electrons. The average Bonchev–Trinajstić information content (AvgIpc) is 2.81. The van der Waals surface area contributed by atoms with E-state index in [9.17, 15) is 9.59 Å². The molecule has 5 heteroatoms. The molecule has 3 amide bonds. The molecule has 1 aliphatic rings. The maximum Gasteiger partial charge on any atom is 0.325 e. The van der Waals surface area contributed by atoms with Crippen molar-refractivity contribution in [3.8, 4) is 6.07 Å². The maximum atomic E-state index is 13.1. The molecule has 0 saturated carbocycles. The number of carbonyl (C=O) groups is 2. The van der Waals surface area contributed by atoms with Crippen LogP contribution in [0.15, 0.2) is 36.4 Å². The van der Waals surface area contributed by atoms with Crippen LogP contribution in [0.4, 0.5) is 4.79 Å². The fourth-order valence-electron chi connectivity index (χ4n) is 3.53. The van der Waals surface area contributed by atoms with Gasteiger partial charge in [-0.15, -0.1) is 0 Å². The smallest absolute Gasteiger partial charge is 0.319 e. The summed E-state index contributed by atoms with van der Waals surface area (Å²) in [6.07, 6.45) is 0. The first kappa shape index (κ1) is 17.7. The number of carbonyl (C=O) groups excluding carboxylic acids is 2. The van der Waals surface area contributed by atoms with Gasteiger partial charge in [0.25, 0.3) is 5.91 Å². The van der Waals surface area contributed by atoms with E-state index in [0.29, 0.717) is 11.1 Å². The zero-order chi connectivity index (χ0) is 19.1. The van der Waals surface area contributed by atoms with E-state index in [4.69, 9.17) is 5.26 Å². The van der Waals surface area contributed by atoms with Crippen LogP contribution in [0.3, 0.4) is 0 Å². The van der Waals surface area contributed by atoms with Crippen molar-refractivity contribution in [3.05, 3.63) is 69.8 Å². The summed E-state index contributed by atoms with van der Waals surface area (Å²) in [5.41, 5.74) is 4.32. The summed E-state index contributed by atoms with van der Waals surface area (Å²) in [5.74, 6) is -0.286. The van der Waals surface area contributed by atoms with E-state index in [2.05, 4.69) is 23.5 Å². The van der Waals surface area contributed by atoms with Crippen LogP contribution in [-0.2, 0) is 16.9 Å². The van der Waals surface area contributed by atoms with Crippen molar-refractivity contribution in [2.24, 2.45) is 0 Å². The number of imide groups is 1. The predicted molar refractivity (Wildman–Crippen MR) is 98.2 cm³/mol. The summed E-state index contributed by atoms with van der Waals surface area (Å²) in [6, 6.07) is 12.5. The Balaban J connectivity index is 1.93. The van der Waals surface area contributed by atoms with Gasteiger partial charge in [0.05, 0.1) is 18.2 Å². The molecule has 0 bridgehead atoms. The number of hydrogen-bond acceptors (Lipinski definition) is 3. The molecule has 1 N–H and O–H groups in total. The molecule has 1 heterocycles. The molecule has 1 atom stereocenters. The number of benzene rings is 2. The Bertz CT molecular complexity index is 918. The highest BCUT2D eigenvalue weighted by molar-refractivity contribution is 6.07. The number of urea groups is 1. The third-order valence-electron chi connectivity index (χ3n) is 5.02. The van der Waals surface area contributed by atoms with E-state index in [1.165, 1.54) is 4.90 Å². The molecule has 0 spiro atoms. The van der Waals surface area contributed by atoms with Crippen molar-refractivity contribution in [3.63, 3.8) is 0 Å². The average molecular weight is 347 g/mol. The number of rotatable bonds is 3. The van der Waals surface area contributed by atoms with Gasteiger partial charge in [0.2, 0.25) is 0 Å². The Morgan fingerprint density at radius 3 is 2.19 bits per heavy atom. The maximum absolute atomic E-state index is 13.1. The number of hydrogen-bond donors (Lipinski definition) is 1. The molecule has 5 nitrogen and oxygen atoms in total. The highest BCUT2D eigenvalue weighted by atomic mass is 16.2. The van der Waals surface area contributed by atoms with Crippen LogP contribution < -0.4 is 5.32 Å². The van der Waals surface area contributed by atoms with Gasteiger partial charge in [-0.1, -0.05) is 29.8 Å². The molecular formula is C21H21N3O2. The van der Waals surface area contributed by atoms with E-state index < -0.39 is 11.6 Å². The summed E-state index contributed by atoms with van der Waals surface area (Å²) >= 11 is 0. The first-order valence-corrected chi connectivity index (χ1v) is 8.47. The van der Waals surface area contributed by atoms with Crippen LogP contribution >= 0.6 is 0 Å². The Kier molecular flexibility index (Phi) is 4.29. The topological polar surface area (TPSA) is 73.2 Å². The third kappa shape index (κ3) is 2.84. The van der Waals surface area contributed by atoms with E-state index in [1.807, 2.05) is 20.8 Å². The minimum absolute atomic E-state index is 0.245. The Morgan fingerprint density at radius 1 is 1.08 bits per heavy atom. The lowest BCUT2D eigenvalue weighted by atomic mass is 9.91. The van der Waals surface area contributed by atoms with Crippen LogP contribution in [0.2, 0.25) is 0 Å². The Hall–Kier alpha value is -3.13. The highest BCUT2D eigenvalue weighted by Gasteiger charge is 2.49. The summed E-state index contributed by atoms with van der Waals surface area (Å²) in [7, 11) is 0. The first-order chi connectivity index (χ1) is 12.3. The Morgan fingerprint density at radius 2 is 1.65 bits per heavy atom. The second-order valence-electron chi connectivity index (χ2n) is 7.01. The molecule has 132 valence electrons. The molecule has 2 aromatic rings. The molecule has 2 aromatic carbocycles. The van der Waals surface area contributed by atoms with Crippen molar-refractivity contribution in [1.29, 1.82) is 5.26 Å². The summed E-state index contributed by atoms with van der Waals surface area (Å²) in [4.78, 5) is 26.9. The second-order valence-corrected chi connectivity index (χ2v) is 7.01. The first-order valence-electron chi connectivity index (χ1n) is 8.47. The molecule has 26 heavy (non-hydrogen) atoms. The van der Waals surface area contributed by atoms with Crippen LogP contribution in [-0.4, -0.2) is 16.8 Å². The minimum Gasteiger partial charge on any atom is -0.319 e. The van der Waals surface area contributed by atoms with Gasteiger partial charge in [0, 0.05) is 0 Å². The molecule has 3 rings (SSSR count). The number of nitrogens with one attached hydrogen (secondary N) is 1. The molecule has 1 fully saturated rings. The van der Waals surface area contributed by atoms with Gasteiger partial charge in [0.1, 0.15) is 5.54 Å². The number of nitrogens with zero attached hydrogens (tertiary/aromatic N) is 2. The van der Waals surface area contributed by atoms with Crippen LogP contribution in [0.5, 0.6) is 0 Å². The standard InChI is InChI=1S/C21H21N3O2/c1-13-9-14(2)18(15(3)10-13)12-24-19(25)21(4,23-20(24)26)17-7-5-16(11-22)6-8-17/h5-10H,12H2,1-4H3,(H,23,26). The van der Waals surface area contributed by atoms with Gasteiger partial charge in [-0.2, -0.15) is 5.26 Å². The molecule has 0 aromatic heterocycles. The van der Waals surface area contributed by atoms with Crippen molar-refractivity contribution in [2.75, 3.05) is 0 Å². The normalized spacial score (nSPS) is 19.4. The largest absolute Gasteiger partial charge is 0.325 e. The van der Waals surface area contributed by atoms with Gasteiger partial charge < -0.3 is 5.32 Å². The summed E-state index contributed by atoms with van der Waals surface area (Å²) in [6.45, 7) is 7.96. The van der Waals surface area contributed by atoms with Crippen molar-refractivity contribution < 1.29 is 9.59 Å². The zero-order valence-electron chi connectivity index (χ0n) is 15.4. The SMILES string of the molecule is Cc1cc(C)c(CN2C(=O)NC(C)(c3ccc(C#N)cc3)C2=O)c(C)c1. The van der Waals surface area contributed by atoms with Gasteiger partial charge in [0.15, 0.2) is 0 Å². The van der Waals surface area contributed by atoms with Crippen LogP contribution in [0.25, 0.3) is 0 Å². The number of amides is 3. The minimum atomic E-state index is -1.13. The fourth-order valence-corrected chi connectivity index (χ4v) is 3.53. The molecule has 1 saturated heterocycles. The van der Waals surface area contributed by atoms with E-state index in [1.54, 1.807) is 31.2 Å². The van der Waals surface area contributed by atoms with E-state index in [-0.39, 0.29) is 12.5 Å². The lowest BCUT2D eigenvalue weighted by molar-refractivity contribution is -0.131. The second kappa shape index (κ2) is 6.30. The number of nitriles is 1. The van der Waals surface area contributed by atoms with Crippen molar-refractivity contribution in [2.45, 2.75) is 39.8 Å². The monoisotopic (exact) mass is 347 g/mol. The van der Waals surface area contributed by atoms with E-state index >= 15 is 0 Å². The zero-order valence-corrected chi connectivity index (χ0v) is 15.4. The Labute approximate surface area is 153 Å². The summed E-state index contributed by atoms with van der Waals surface area (Å²) < 4.78 is 0. The molecule has 1 aliphatic heterocycles. The van der Waals surface area contributed by atoms with Gasteiger partial charge in [-0.05, 0) is 62.1 Å². The predicted octanol–water partition coefficient (Wildman–Crippen LogP) is 3.45. The third-order valence-corrected chi connectivity index (χ3v) is 5.02. The molecular weight excluding hydrogens is 326 g/mol. The molecule has 1 unspecified atom stereocenters. The van der Waals surface area contributed by atoms with Crippen LogP contribution in [0.1, 0.15) is 40.3 Å². The van der Waals surface area contributed by atoms with Crippen molar-refractivity contribution >= 4 is 11.9 Å². The van der Waals surface area contributed by atoms with Crippen molar-refractivity contribution in [1.82, 2.24) is 10.2 Å². The van der Waals surface area contributed by atoms with E-state index in [0.717, 1.165) is 22.3 Å². The molecule has 0 aliphatic carbocycles. The van der Waals surface area contributed by atoms with Gasteiger partial charge in [-0.3, -0.25) is 9.69 Å². The quantitative estimate of drug-likeness (QED) is 0.864. The summed E-state index contributed by atoms with van der Waals surface area (Å²) in [5, 5.41) is 11.7. The van der Waals surface area contributed by atoms with Crippen LogP contribution in [0, 0.1) is 32.1 Å². The number of aryl methyl sites for hydroxylation is 3. The van der Waals surface area contributed by atoms with Gasteiger partial charge >= 0.3 is 6.03 Å².